The van der Waals surface area contributed by atoms with Crippen LogP contribution in [0.5, 0.6) is 5.75 Å². The van der Waals surface area contributed by atoms with Crippen LogP contribution in [0.15, 0.2) is 30.6 Å². The summed E-state index contributed by atoms with van der Waals surface area (Å²) in [6, 6.07) is 8.33. The van der Waals surface area contributed by atoms with E-state index in [-0.39, 0.29) is 12.1 Å². The summed E-state index contributed by atoms with van der Waals surface area (Å²) >= 11 is 0. The first-order valence-corrected chi connectivity index (χ1v) is 7.12. The Bertz CT molecular complexity index is 567. The number of ether oxygens (including phenoxy) is 1. The van der Waals surface area contributed by atoms with Gasteiger partial charge in [0.2, 0.25) is 0 Å². The standard InChI is InChI=1S/C15H23N5O/c1-11(2)20-15(17-10-18-20)9-13(19-16)8-12-6-4-5-7-14(12)21-3/h4-7,10-11,13,19H,8-9,16H2,1-3H3. The van der Waals surface area contributed by atoms with Crippen LogP contribution in [0, 0.1) is 0 Å². The van der Waals surface area contributed by atoms with Crippen molar-refractivity contribution in [2.45, 2.75) is 38.8 Å². The number of hydrogen-bond donors (Lipinski definition) is 2. The molecule has 0 bridgehead atoms. The molecule has 0 amide bonds. The van der Waals surface area contributed by atoms with Crippen LogP contribution in [0.1, 0.15) is 31.3 Å². The molecular formula is C15H23N5O. The monoisotopic (exact) mass is 289 g/mol. The number of nitrogens with one attached hydrogen (secondary N) is 1. The Morgan fingerprint density at radius 1 is 1.29 bits per heavy atom. The summed E-state index contributed by atoms with van der Waals surface area (Å²) in [4.78, 5) is 4.33. The summed E-state index contributed by atoms with van der Waals surface area (Å²) in [5.41, 5.74) is 3.99. The number of hydrogen-bond acceptors (Lipinski definition) is 5. The molecule has 114 valence electrons. The molecule has 6 nitrogen and oxygen atoms in total. The Kier molecular flexibility index (Phi) is 5.30. The van der Waals surface area contributed by atoms with Gasteiger partial charge in [-0.1, -0.05) is 18.2 Å². The van der Waals surface area contributed by atoms with E-state index in [1.165, 1.54) is 0 Å². The first-order chi connectivity index (χ1) is 10.2. The maximum Gasteiger partial charge on any atom is 0.138 e. The maximum atomic E-state index is 5.71. The van der Waals surface area contributed by atoms with Crippen LogP contribution >= 0.6 is 0 Å². The lowest BCUT2D eigenvalue weighted by Crippen LogP contribution is -2.39. The number of hydrazine groups is 1. The minimum Gasteiger partial charge on any atom is -0.496 e. The molecule has 1 heterocycles. The third-order valence-corrected chi connectivity index (χ3v) is 3.46. The zero-order chi connectivity index (χ0) is 15.2. The van der Waals surface area contributed by atoms with Gasteiger partial charge in [-0.2, -0.15) is 5.10 Å². The van der Waals surface area contributed by atoms with E-state index >= 15 is 0 Å². The summed E-state index contributed by atoms with van der Waals surface area (Å²) < 4.78 is 7.31. The van der Waals surface area contributed by atoms with Gasteiger partial charge in [0, 0.05) is 18.5 Å². The predicted octanol–water partition coefficient (Wildman–Crippen LogP) is 1.48. The van der Waals surface area contributed by atoms with Crippen LogP contribution in [0.2, 0.25) is 0 Å². The molecule has 2 rings (SSSR count). The van der Waals surface area contributed by atoms with Crippen molar-refractivity contribution >= 4 is 0 Å². The van der Waals surface area contributed by atoms with Gasteiger partial charge in [-0.25, -0.2) is 9.67 Å². The summed E-state index contributed by atoms with van der Waals surface area (Å²) in [7, 11) is 1.68. The zero-order valence-corrected chi connectivity index (χ0v) is 12.8. The highest BCUT2D eigenvalue weighted by Gasteiger charge is 2.16. The molecule has 0 radical (unpaired) electrons. The lowest BCUT2D eigenvalue weighted by Gasteiger charge is -2.18. The van der Waals surface area contributed by atoms with E-state index in [2.05, 4.69) is 35.4 Å². The molecule has 0 fully saturated rings. The van der Waals surface area contributed by atoms with Crippen molar-refractivity contribution in [2.75, 3.05) is 7.11 Å². The van der Waals surface area contributed by atoms with Gasteiger partial charge in [0.15, 0.2) is 0 Å². The summed E-state index contributed by atoms with van der Waals surface area (Å²) in [6.45, 7) is 4.17. The highest BCUT2D eigenvalue weighted by Crippen LogP contribution is 2.20. The Hall–Kier alpha value is -1.92. The molecular weight excluding hydrogens is 266 g/mol. The zero-order valence-electron chi connectivity index (χ0n) is 12.8. The molecule has 0 spiro atoms. The summed E-state index contributed by atoms with van der Waals surface area (Å²) in [6.07, 6.45) is 3.07. The van der Waals surface area contributed by atoms with Gasteiger partial charge >= 0.3 is 0 Å². The highest BCUT2D eigenvalue weighted by molar-refractivity contribution is 5.33. The number of para-hydroxylation sites is 1. The van der Waals surface area contributed by atoms with Gasteiger partial charge in [0.1, 0.15) is 17.9 Å². The fourth-order valence-electron chi connectivity index (χ4n) is 2.40. The topological polar surface area (TPSA) is 78.0 Å². The van der Waals surface area contributed by atoms with Gasteiger partial charge in [-0.15, -0.1) is 0 Å². The number of rotatable bonds is 7. The lowest BCUT2D eigenvalue weighted by molar-refractivity contribution is 0.402. The van der Waals surface area contributed by atoms with Crippen molar-refractivity contribution in [3.8, 4) is 5.75 Å². The van der Waals surface area contributed by atoms with E-state index in [4.69, 9.17) is 10.6 Å². The quantitative estimate of drug-likeness (QED) is 0.596. The van der Waals surface area contributed by atoms with E-state index in [0.717, 1.165) is 23.6 Å². The normalized spacial score (nSPS) is 12.6. The molecule has 21 heavy (non-hydrogen) atoms. The van der Waals surface area contributed by atoms with Crippen molar-refractivity contribution in [3.63, 3.8) is 0 Å². The first-order valence-electron chi connectivity index (χ1n) is 7.12. The fourth-order valence-corrected chi connectivity index (χ4v) is 2.40. The molecule has 1 aromatic carbocycles. The van der Waals surface area contributed by atoms with Crippen LogP contribution in [0.4, 0.5) is 0 Å². The molecule has 0 saturated carbocycles. The number of methoxy groups -OCH3 is 1. The first kappa shape index (κ1) is 15.5. The number of nitrogens with two attached hydrogens (primary N) is 1. The van der Waals surface area contributed by atoms with Gasteiger partial charge in [0.05, 0.1) is 7.11 Å². The summed E-state index contributed by atoms with van der Waals surface area (Å²) in [5, 5.41) is 4.26. The van der Waals surface area contributed by atoms with Crippen molar-refractivity contribution < 1.29 is 4.74 Å². The van der Waals surface area contributed by atoms with E-state index in [9.17, 15) is 0 Å². The van der Waals surface area contributed by atoms with Crippen LogP contribution in [0.25, 0.3) is 0 Å². The third-order valence-electron chi connectivity index (χ3n) is 3.46. The second-order valence-electron chi connectivity index (χ2n) is 5.30. The molecule has 0 aliphatic rings. The highest BCUT2D eigenvalue weighted by atomic mass is 16.5. The molecule has 0 saturated heterocycles. The largest absolute Gasteiger partial charge is 0.496 e. The van der Waals surface area contributed by atoms with Crippen molar-refractivity contribution in [3.05, 3.63) is 42.0 Å². The van der Waals surface area contributed by atoms with Crippen molar-refractivity contribution in [1.82, 2.24) is 20.2 Å². The van der Waals surface area contributed by atoms with E-state index < -0.39 is 0 Å². The van der Waals surface area contributed by atoms with E-state index in [1.54, 1.807) is 13.4 Å². The predicted molar refractivity (Wildman–Crippen MR) is 81.9 cm³/mol. The number of benzene rings is 1. The molecule has 2 aromatic rings. The molecule has 3 N–H and O–H groups in total. The Morgan fingerprint density at radius 3 is 2.71 bits per heavy atom. The van der Waals surface area contributed by atoms with Gasteiger partial charge < -0.3 is 4.74 Å². The van der Waals surface area contributed by atoms with Crippen LogP contribution in [0.3, 0.4) is 0 Å². The fraction of sp³-hybridized carbons (Fsp3) is 0.467. The Labute approximate surface area is 125 Å². The van der Waals surface area contributed by atoms with Gasteiger partial charge in [-0.05, 0) is 31.9 Å². The molecule has 0 aliphatic heterocycles. The maximum absolute atomic E-state index is 5.71. The number of aromatic nitrogens is 3. The molecule has 1 aromatic heterocycles. The Balaban J connectivity index is 2.11. The van der Waals surface area contributed by atoms with Crippen molar-refractivity contribution in [1.29, 1.82) is 0 Å². The smallest absolute Gasteiger partial charge is 0.138 e. The van der Waals surface area contributed by atoms with Crippen LogP contribution in [-0.4, -0.2) is 27.9 Å². The Morgan fingerprint density at radius 2 is 2.05 bits per heavy atom. The second-order valence-corrected chi connectivity index (χ2v) is 5.30. The second kappa shape index (κ2) is 7.19. The molecule has 1 unspecified atom stereocenters. The molecule has 0 aliphatic carbocycles. The molecule has 6 heteroatoms. The van der Waals surface area contributed by atoms with Crippen molar-refractivity contribution in [2.24, 2.45) is 5.84 Å². The van der Waals surface area contributed by atoms with Crippen LogP contribution in [-0.2, 0) is 12.8 Å². The van der Waals surface area contributed by atoms with Crippen LogP contribution < -0.4 is 16.0 Å². The van der Waals surface area contributed by atoms with E-state index in [1.807, 2.05) is 22.9 Å². The van der Waals surface area contributed by atoms with Gasteiger partial charge in [0.25, 0.3) is 0 Å². The molecule has 1 atom stereocenters. The minimum atomic E-state index is 0.0722. The average molecular weight is 289 g/mol. The van der Waals surface area contributed by atoms with E-state index in [0.29, 0.717) is 6.42 Å². The van der Waals surface area contributed by atoms with Gasteiger partial charge in [-0.3, -0.25) is 11.3 Å². The SMILES string of the molecule is COc1ccccc1CC(Cc1ncnn1C(C)C)NN. The number of nitrogens with zero attached hydrogens (tertiary/aromatic N) is 3. The summed E-state index contributed by atoms with van der Waals surface area (Å²) in [5.74, 6) is 7.52. The lowest BCUT2D eigenvalue weighted by atomic mass is 10.0. The third kappa shape index (κ3) is 3.80. The average Bonchev–Trinajstić information content (AvgIpc) is 2.95. The minimum absolute atomic E-state index is 0.0722.